The average molecular weight is 488 g/mol. The number of nitrogens with one attached hydrogen (secondary N) is 1. The first kappa shape index (κ1) is 25.5. The number of carbonyl (C=O) groups excluding carboxylic acids is 3. The summed E-state index contributed by atoms with van der Waals surface area (Å²) in [6.45, 7) is 2.76. The van der Waals surface area contributed by atoms with Crippen LogP contribution in [0.15, 0.2) is 48.5 Å². The average Bonchev–Trinajstić information content (AvgIpc) is 2.84. The maximum absolute atomic E-state index is 12.5. The Morgan fingerprint density at radius 3 is 2.47 bits per heavy atom. The summed E-state index contributed by atoms with van der Waals surface area (Å²) in [5, 5.41) is 3.10. The van der Waals surface area contributed by atoms with Crippen LogP contribution in [0, 0.1) is 0 Å². The van der Waals surface area contributed by atoms with E-state index in [4.69, 9.17) is 27.8 Å². The molecule has 0 radical (unpaired) electrons. The zero-order valence-electron chi connectivity index (χ0n) is 19.1. The first-order valence-corrected chi connectivity index (χ1v) is 11.5. The highest BCUT2D eigenvalue weighted by atomic mass is 35.5. The number of hydrogen-bond acceptors (Lipinski definition) is 6. The van der Waals surface area contributed by atoms with Crippen LogP contribution < -0.4 is 16.8 Å². The molecule has 1 fully saturated rings. The van der Waals surface area contributed by atoms with Crippen LogP contribution in [0.2, 0.25) is 5.02 Å². The van der Waals surface area contributed by atoms with E-state index in [2.05, 4.69) is 5.32 Å². The van der Waals surface area contributed by atoms with Gasteiger partial charge in [0.05, 0.1) is 12.6 Å². The molecule has 1 heterocycles. The summed E-state index contributed by atoms with van der Waals surface area (Å²) in [5.41, 5.74) is 13.6. The number of rotatable bonds is 8. The van der Waals surface area contributed by atoms with Crippen molar-refractivity contribution in [2.75, 3.05) is 38.1 Å². The van der Waals surface area contributed by atoms with E-state index in [1.54, 1.807) is 41.3 Å². The van der Waals surface area contributed by atoms with Crippen molar-refractivity contribution in [2.24, 2.45) is 11.5 Å². The van der Waals surface area contributed by atoms with Crippen LogP contribution in [0.3, 0.4) is 0 Å². The van der Waals surface area contributed by atoms with Gasteiger partial charge in [-0.15, -0.1) is 0 Å². The summed E-state index contributed by atoms with van der Waals surface area (Å²) in [6, 6.07) is 13.1. The van der Waals surface area contributed by atoms with E-state index in [-0.39, 0.29) is 25.6 Å². The van der Waals surface area contributed by atoms with Crippen LogP contribution in [-0.4, -0.2) is 66.5 Å². The Hall–Kier alpha value is -3.14. The van der Waals surface area contributed by atoms with Crippen LogP contribution in [0.4, 0.5) is 10.5 Å². The van der Waals surface area contributed by atoms with Gasteiger partial charge in [-0.3, -0.25) is 19.8 Å². The van der Waals surface area contributed by atoms with Gasteiger partial charge in [0.2, 0.25) is 11.8 Å². The molecule has 2 aromatic rings. The number of anilines is 1. The van der Waals surface area contributed by atoms with Gasteiger partial charge in [-0.2, -0.15) is 0 Å². The molecule has 2 aromatic carbocycles. The molecule has 34 heavy (non-hydrogen) atoms. The molecule has 1 saturated heterocycles. The summed E-state index contributed by atoms with van der Waals surface area (Å²) in [6.07, 6.45) is 0.257. The van der Waals surface area contributed by atoms with Gasteiger partial charge in [-0.1, -0.05) is 48.9 Å². The van der Waals surface area contributed by atoms with Gasteiger partial charge >= 0.3 is 6.09 Å². The fourth-order valence-corrected chi connectivity index (χ4v) is 4.29. The van der Waals surface area contributed by atoms with Crippen molar-refractivity contribution in [2.45, 2.75) is 25.4 Å². The molecule has 0 aliphatic carbocycles. The summed E-state index contributed by atoms with van der Waals surface area (Å²) < 4.78 is 5.48. The van der Waals surface area contributed by atoms with Gasteiger partial charge in [0.15, 0.2) is 0 Å². The van der Waals surface area contributed by atoms with Crippen molar-refractivity contribution < 1.29 is 19.1 Å². The van der Waals surface area contributed by atoms with Gasteiger partial charge in [0.25, 0.3) is 0 Å². The minimum atomic E-state index is -0.845. The molecule has 9 nitrogen and oxygen atoms in total. The Balaban J connectivity index is 1.76. The van der Waals surface area contributed by atoms with Crippen LogP contribution in [0.5, 0.6) is 0 Å². The number of primary amides is 1. The number of amides is 3. The second-order valence-electron chi connectivity index (χ2n) is 8.04. The minimum absolute atomic E-state index is 0.0680. The van der Waals surface area contributed by atoms with E-state index >= 15 is 0 Å². The van der Waals surface area contributed by atoms with Crippen molar-refractivity contribution in [1.29, 1.82) is 0 Å². The number of benzene rings is 2. The highest BCUT2D eigenvalue weighted by Gasteiger charge is 2.38. The predicted molar refractivity (Wildman–Crippen MR) is 130 cm³/mol. The molecule has 0 saturated carbocycles. The number of nitrogens with two attached hydrogens (primary N) is 2. The third-order valence-corrected chi connectivity index (χ3v) is 6.22. The molecule has 2 unspecified atom stereocenters. The summed E-state index contributed by atoms with van der Waals surface area (Å²) >= 11 is 6.36. The molecule has 182 valence electrons. The minimum Gasteiger partial charge on any atom is -0.448 e. The lowest BCUT2D eigenvalue weighted by atomic mass is 10.0. The zero-order chi connectivity index (χ0) is 24.7. The van der Waals surface area contributed by atoms with Crippen LogP contribution in [0.1, 0.15) is 24.1 Å². The van der Waals surface area contributed by atoms with Gasteiger partial charge in [-0.05, 0) is 35.7 Å². The molecular formula is C24H30ClN5O4. The molecule has 1 aliphatic rings. The number of hydrogen-bond donors (Lipinski definition) is 3. The van der Waals surface area contributed by atoms with Crippen molar-refractivity contribution in [1.82, 2.24) is 9.80 Å². The molecule has 1 aliphatic heterocycles. The smallest absolute Gasteiger partial charge is 0.411 e. The standard InChI is InChI=1S/C24H30ClN5O4/c1-2-16-7-9-17(10-8-16)28-24(33)34-15-18-14-29(21(31)13-26)11-12-30(18)22(23(27)32)19-5-3-4-6-20(19)25/h3-10,18,22H,2,11-15,26H2,1H3,(H2,27,32)(H,28,33). The maximum atomic E-state index is 12.5. The summed E-state index contributed by atoms with van der Waals surface area (Å²) in [7, 11) is 0. The SMILES string of the molecule is CCc1ccc(NC(=O)OCC2CN(C(=O)CN)CCN2C(C(N)=O)c2ccccc2Cl)cc1. The monoisotopic (exact) mass is 487 g/mol. The van der Waals surface area contributed by atoms with Gasteiger partial charge in [0.1, 0.15) is 12.6 Å². The Morgan fingerprint density at radius 1 is 1.15 bits per heavy atom. The Kier molecular flexibility index (Phi) is 8.86. The lowest BCUT2D eigenvalue weighted by Gasteiger charge is -2.44. The van der Waals surface area contributed by atoms with E-state index in [9.17, 15) is 14.4 Å². The first-order chi connectivity index (χ1) is 16.3. The summed E-state index contributed by atoms with van der Waals surface area (Å²) in [5.74, 6) is -0.810. The Morgan fingerprint density at radius 2 is 1.85 bits per heavy atom. The van der Waals surface area contributed by atoms with E-state index in [1.165, 1.54) is 0 Å². The third-order valence-electron chi connectivity index (χ3n) is 5.87. The van der Waals surface area contributed by atoms with E-state index in [0.717, 1.165) is 12.0 Å². The number of nitrogens with zero attached hydrogens (tertiary/aromatic N) is 2. The largest absolute Gasteiger partial charge is 0.448 e. The van der Waals surface area contributed by atoms with Crippen molar-refractivity contribution in [3.8, 4) is 0 Å². The van der Waals surface area contributed by atoms with Crippen molar-refractivity contribution >= 4 is 35.2 Å². The normalized spacial score (nSPS) is 17.1. The van der Waals surface area contributed by atoms with Gasteiger partial charge < -0.3 is 21.1 Å². The molecule has 3 amide bonds. The van der Waals surface area contributed by atoms with Crippen LogP contribution in [0.25, 0.3) is 0 Å². The second kappa shape index (κ2) is 11.8. The molecule has 3 rings (SSSR count). The maximum Gasteiger partial charge on any atom is 0.411 e. The Labute approximate surface area is 204 Å². The number of piperazine rings is 1. The predicted octanol–water partition coefficient (Wildman–Crippen LogP) is 2.15. The molecule has 5 N–H and O–H groups in total. The fourth-order valence-electron chi connectivity index (χ4n) is 4.06. The van der Waals surface area contributed by atoms with E-state index in [0.29, 0.717) is 29.4 Å². The van der Waals surface area contributed by atoms with Gasteiger partial charge in [0, 0.05) is 30.3 Å². The number of carbonyl (C=O) groups is 3. The van der Waals surface area contributed by atoms with Gasteiger partial charge in [-0.25, -0.2) is 4.79 Å². The molecule has 0 aromatic heterocycles. The third kappa shape index (κ3) is 6.25. The van der Waals surface area contributed by atoms with Crippen LogP contribution >= 0.6 is 11.6 Å². The number of ether oxygens (including phenoxy) is 1. The van der Waals surface area contributed by atoms with Crippen molar-refractivity contribution in [3.63, 3.8) is 0 Å². The lowest BCUT2D eigenvalue weighted by Crippen LogP contribution is -2.59. The fraction of sp³-hybridized carbons (Fsp3) is 0.375. The zero-order valence-corrected chi connectivity index (χ0v) is 19.8. The number of halogens is 1. The first-order valence-electron chi connectivity index (χ1n) is 11.1. The lowest BCUT2D eigenvalue weighted by molar-refractivity contribution is -0.135. The van der Waals surface area contributed by atoms with E-state index in [1.807, 2.05) is 24.0 Å². The molecule has 2 atom stereocenters. The molecule has 0 bridgehead atoms. The Bertz CT molecular complexity index is 1020. The second-order valence-corrected chi connectivity index (χ2v) is 8.44. The topological polar surface area (TPSA) is 131 Å². The van der Waals surface area contributed by atoms with Crippen molar-refractivity contribution in [3.05, 3.63) is 64.7 Å². The highest BCUT2D eigenvalue weighted by Crippen LogP contribution is 2.30. The highest BCUT2D eigenvalue weighted by molar-refractivity contribution is 6.31. The molecule has 10 heteroatoms. The van der Waals surface area contributed by atoms with Crippen LogP contribution in [-0.2, 0) is 20.7 Å². The molecular weight excluding hydrogens is 458 g/mol. The quantitative estimate of drug-likeness (QED) is 0.523. The molecule has 0 spiro atoms. The van der Waals surface area contributed by atoms with E-state index < -0.39 is 24.1 Å². The number of aryl methyl sites for hydroxylation is 1. The summed E-state index contributed by atoms with van der Waals surface area (Å²) in [4.78, 5) is 40.6.